The van der Waals surface area contributed by atoms with Crippen LogP contribution in [0.15, 0.2) is 115 Å². The molecule has 0 heterocycles. The van der Waals surface area contributed by atoms with Gasteiger partial charge in [-0.2, -0.15) is 0 Å². The van der Waals surface area contributed by atoms with E-state index in [1.807, 2.05) is 0 Å². The second-order valence-corrected chi connectivity index (χ2v) is 21.8. The Labute approximate surface area is 172 Å². The van der Waals surface area contributed by atoms with Crippen LogP contribution < -0.4 is 12.5 Å². The third kappa shape index (κ3) is 3.57. The molecule has 0 spiro atoms. The summed E-state index contributed by atoms with van der Waals surface area (Å²) in [5, 5.41) is 9.30. The van der Waals surface area contributed by atoms with E-state index in [-0.39, 0.29) is 6.61 Å². The molecule has 0 aromatic heterocycles. The average molecular weight is 560 g/mol. The van der Waals surface area contributed by atoms with Gasteiger partial charge in [-0.1, -0.05) is 0 Å². The molecule has 1 N–H and O–H groups in total. The van der Waals surface area contributed by atoms with Crippen molar-refractivity contribution in [2.45, 2.75) is 6.42 Å². The first kappa shape index (κ1) is 19.1. The normalized spacial score (nSPS) is 11.3. The van der Waals surface area contributed by atoms with Gasteiger partial charge in [-0.25, -0.2) is 0 Å². The minimum absolute atomic E-state index is 0.185. The summed E-state index contributed by atoms with van der Waals surface area (Å²) in [5.74, 6) is 0. The zero-order valence-electron chi connectivity index (χ0n) is 15.8. The van der Waals surface area contributed by atoms with Crippen molar-refractivity contribution in [2.75, 3.05) is 6.61 Å². The summed E-state index contributed by atoms with van der Waals surface area (Å²) < 4.78 is 5.82. The van der Waals surface area contributed by atoms with Gasteiger partial charge in [-0.3, -0.25) is 0 Å². The van der Waals surface area contributed by atoms with Crippen molar-refractivity contribution in [3.63, 3.8) is 0 Å². The molecule has 0 saturated carbocycles. The van der Waals surface area contributed by atoms with E-state index in [1.54, 1.807) is 0 Å². The quantitative estimate of drug-likeness (QED) is 0.361. The van der Waals surface area contributed by atoms with E-state index in [4.69, 9.17) is 0 Å². The van der Waals surface area contributed by atoms with Gasteiger partial charge in [0.25, 0.3) is 0 Å². The Bertz CT molecular complexity index is 900. The third-order valence-corrected chi connectivity index (χ3v) is 24.1. The van der Waals surface area contributed by atoms with Crippen LogP contribution in [0.5, 0.6) is 0 Å². The maximum absolute atomic E-state index is 9.30. The van der Waals surface area contributed by atoms with Crippen molar-refractivity contribution in [1.82, 2.24) is 0 Å². The third-order valence-electron chi connectivity index (χ3n) is 5.41. The second-order valence-electron chi connectivity index (χ2n) is 7.02. The minimum atomic E-state index is -3.61. The molecule has 4 rings (SSSR count). The molecule has 0 radical (unpaired) electrons. The Morgan fingerprint density at radius 1 is 0.464 bits per heavy atom. The summed E-state index contributed by atoms with van der Waals surface area (Å²) in [6.45, 7) is 0.185. The number of hydrogen-bond acceptors (Lipinski definition) is 1. The molecule has 0 aliphatic carbocycles. The fraction of sp³-hybridized carbons (Fsp3) is 0.0769. The number of hydrogen-bond donors (Lipinski definition) is 1. The topological polar surface area (TPSA) is 20.2 Å². The van der Waals surface area contributed by atoms with Gasteiger partial charge >= 0.3 is 173 Å². The number of rotatable bonds is 6. The fourth-order valence-electron chi connectivity index (χ4n) is 4.11. The molecule has 0 amide bonds. The molecule has 138 valence electrons. The van der Waals surface area contributed by atoms with Gasteiger partial charge in [0, 0.05) is 0 Å². The predicted octanol–water partition coefficient (Wildman–Crippen LogP) is 2.60. The second kappa shape index (κ2) is 8.84. The zero-order valence-corrected chi connectivity index (χ0v) is 19.7. The molecule has 0 atom stereocenters. The van der Waals surface area contributed by atoms with Gasteiger partial charge in [-0.05, 0) is 0 Å². The Kier molecular flexibility index (Phi) is 6.03. The first-order chi connectivity index (χ1) is 13.9. The number of aliphatic hydroxyl groups is 1. The van der Waals surface area contributed by atoms with Gasteiger partial charge in [0.05, 0.1) is 0 Å². The van der Waals surface area contributed by atoms with Gasteiger partial charge in [0.1, 0.15) is 0 Å². The summed E-state index contributed by atoms with van der Waals surface area (Å²) >= 11 is -3.61. The SMILES string of the molecule is OCCc1cc[c]([Pb]([c]2ccccc2)([c]2ccccc2)[c]2ccccc2)cc1. The first-order valence-electron chi connectivity index (χ1n) is 9.72. The van der Waals surface area contributed by atoms with E-state index in [1.165, 1.54) is 18.1 Å². The molecule has 0 saturated heterocycles. The van der Waals surface area contributed by atoms with E-state index < -0.39 is 21.2 Å². The molecule has 0 unspecified atom stereocenters. The Balaban J connectivity index is 2.04. The summed E-state index contributed by atoms with van der Waals surface area (Å²) in [6.07, 6.45) is 0.701. The zero-order chi connectivity index (χ0) is 19.2. The van der Waals surface area contributed by atoms with Crippen LogP contribution in [0.25, 0.3) is 0 Å². The maximum atomic E-state index is 9.30. The van der Waals surface area contributed by atoms with Crippen LogP contribution in [-0.4, -0.2) is 32.9 Å². The van der Waals surface area contributed by atoms with Gasteiger partial charge in [-0.15, -0.1) is 0 Å². The molecule has 0 aliphatic rings. The molecular formula is C26H24OPb. The number of benzene rings is 4. The van der Waals surface area contributed by atoms with E-state index in [0.717, 1.165) is 0 Å². The summed E-state index contributed by atoms with van der Waals surface area (Å²) in [4.78, 5) is 0. The fourth-order valence-corrected chi connectivity index (χ4v) is 22.6. The first-order valence-corrected chi connectivity index (χ1v) is 17.5. The molecule has 0 aliphatic heterocycles. The Morgan fingerprint density at radius 2 is 0.821 bits per heavy atom. The van der Waals surface area contributed by atoms with Gasteiger partial charge in [0.15, 0.2) is 0 Å². The van der Waals surface area contributed by atoms with E-state index >= 15 is 0 Å². The van der Waals surface area contributed by atoms with Crippen LogP contribution in [-0.2, 0) is 6.42 Å². The molecular weight excluding hydrogens is 535 g/mol. The van der Waals surface area contributed by atoms with Gasteiger partial charge < -0.3 is 0 Å². The van der Waals surface area contributed by atoms with Crippen LogP contribution in [0.4, 0.5) is 0 Å². The molecule has 28 heavy (non-hydrogen) atoms. The molecule has 4 aromatic rings. The van der Waals surface area contributed by atoms with Crippen LogP contribution in [0.2, 0.25) is 0 Å². The van der Waals surface area contributed by atoms with E-state index in [2.05, 4.69) is 115 Å². The summed E-state index contributed by atoms with van der Waals surface area (Å²) in [6, 6.07) is 42.1. The van der Waals surface area contributed by atoms with Crippen LogP contribution in [0, 0.1) is 0 Å². The molecule has 4 aromatic carbocycles. The van der Waals surface area contributed by atoms with Crippen molar-refractivity contribution in [2.24, 2.45) is 0 Å². The van der Waals surface area contributed by atoms with E-state index in [0.29, 0.717) is 6.42 Å². The molecule has 2 heteroatoms. The van der Waals surface area contributed by atoms with Crippen LogP contribution in [0.3, 0.4) is 0 Å². The van der Waals surface area contributed by atoms with Gasteiger partial charge in [0.2, 0.25) is 0 Å². The van der Waals surface area contributed by atoms with Crippen molar-refractivity contribution >= 4 is 33.7 Å². The summed E-state index contributed by atoms with van der Waals surface area (Å²) in [7, 11) is 0. The van der Waals surface area contributed by atoms with Crippen molar-refractivity contribution in [3.05, 3.63) is 121 Å². The monoisotopic (exact) mass is 560 g/mol. The van der Waals surface area contributed by atoms with Crippen molar-refractivity contribution < 1.29 is 5.11 Å². The average Bonchev–Trinajstić information content (AvgIpc) is 2.78. The number of aliphatic hydroxyl groups excluding tert-OH is 1. The summed E-state index contributed by atoms with van der Waals surface area (Å²) in [5.41, 5.74) is 1.18. The predicted molar refractivity (Wildman–Crippen MR) is 121 cm³/mol. The van der Waals surface area contributed by atoms with Crippen molar-refractivity contribution in [1.29, 1.82) is 0 Å². The molecule has 0 fully saturated rings. The molecule has 0 bridgehead atoms. The Morgan fingerprint density at radius 3 is 1.18 bits per heavy atom. The van der Waals surface area contributed by atoms with E-state index in [9.17, 15) is 5.11 Å². The standard InChI is InChI=1S/C8H9O.3C6H5.Pb/c9-7-6-8-4-2-1-3-5-8;3*1-2-4-6-5-3-1;/h2-5,9H,6-7H2;3*1-5H;. The van der Waals surface area contributed by atoms with Crippen LogP contribution in [0.1, 0.15) is 5.56 Å². The van der Waals surface area contributed by atoms with Crippen LogP contribution >= 0.6 is 0 Å². The molecule has 1 nitrogen and oxygen atoms in total. The Hall–Kier alpha value is -2.24. The van der Waals surface area contributed by atoms with Crippen molar-refractivity contribution in [3.8, 4) is 0 Å².